The molecule has 0 aromatic carbocycles. The van der Waals surface area contributed by atoms with Crippen molar-refractivity contribution in [1.82, 2.24) is 0 Å². The van der Waals surface area contributed by atoms with Crippen molar-refractivity contribution in [3.63, 3.8) is 0 Å². The summed E-state index contributed by atoms with van der Waals surface area (Å²) in [5.74, 6) is 0.451. The third kappa shape index (κ3) is 2.69. The summed E-state index contributed by atoms with van der Waals surface area (Å²) < 4.78 is 22.0. The summed E-state index contributed by atoms with van der Waals surface area (Å²) in [6.07, 6.45) is 1.52. The third-order valence-electron chi connectivity index (χ3n) is 1.67. The molecule has 62 valence electrons. The van der Waals surface area contributed by atoms with Crippen molar-refractivity contribution in [2.24, 2.45) is 4.99 Å². The van der Waals surface area contributed by atoms with Crippen LogP contribution in [0, 0.1) is 0 Å². The normalized spacial score (nSPS) is 28.9. The highest BCUT2D eigenvalue weighted by Gasteiger charge is 2.23. The molecule has 1 rings (SSSR count). The Hall–Kier alpha value is -0.250. The Kier molecular flexibility index (Phi) is 2.76. The standard InChI is InChI=1S/C6H9NO2S2/c8-11(9)3-1-2-6(4-11)7-5-10/h6H,1-4H2. The van der Waals surface area contributed by atoms with Gasteiger partial charge in [0.05, 0.1) is 22.7 Å². The summed E-state index contributed by atoms with van der Waals surface area (Å²) in [5, 5.41) is 2.22. The van der Waals surface area contributed by atoms with Crippen LogP contribution in [0.3, 0.4) is 0 Å². The van der Waals surface area contributed by atoms with Gasteiger partial charge in [-0.2, -0.15) is 0 Å². The van der Waals surface area contributed by atoms with Gasteiger partial charge in [-0.15, -0.1) is 0 Å². The number of sulfone groups is 1. The fourth-order valence-corrected chi connectivity index (χ4v) is 2.92. The first-order valence-corrected chi connectivity index (χ1v) is 5.64. The molecule has 0 amide bonds. The molecule has 1 fully saturated rings. The molecule has 1 atom stereocenters. The van der Waals surface area contributed by atoms with Gasteiger partial charge in [-0.1, -0.05) is 0 Å². The molecule has 1 aliphatic rings. The highest BCUT2D eigenvalue weighted by molar-refractivity contribution is 7.91. The summed E-state index contributed by atoms with van der Waals surface area (Å²) in [5.41, 5.74) is 0. The molecule has 0 aromatic rings. The quantitative estimate of drug-likeness (QED) is 0.452. The summed E-state index contributed by atoms with van der Waals surface area (Å²) >= 11 is 4.40. The minimum Gasteiger partial charge on any atom is -0.229 e. The van der Waals surface area contributed by atoms with E-state index in [2.05, 4.69) is 22.4 Å². The van der Waals surface area contributed by atoms with Crippen LogP contribution in [0.2, 0.25) is 0 Å². The molecule has 0 saturated carbocycles. The maximum Gasteiger partial charge on any atom is 0.152 e. The lowest BCUT2D eigenvalue weighted by atomic mass is 10.2. The van der Waals surface area contributed by atoms with Crippen molar-refractivity contribution < 1.29 is 8.42 Å². The first-order valence-electron chi connectivity index (χ1n) is 3.41. The van der Waals surface area contributed by atoms with Crippen LogP contribution in [0.4, 0.5) is 0 Å². The van der Waals surface area contributed by atoms with Crippen molar-refractivity contribution in [2.45, 2.75) is 18.9 Å². The van der Waals surface area contributed by atoms with Gasteiger partial charge >= 0.3 is 0 Å². The highest BCUT2D eigenvalue weighted by atomic mass is 32.2. The van der Waals surface area contributed by atoms with E-state index in [1.807, 2.05) is 0 Å². The minimum absolute atomic E-state index is 0.133. The topological polar surface area (TPSA) is 46.5 Å². The van der Waals surface area contributed by atoms with Crippen molar-refractivity contribution >= 4 is 27.2 Å². The maximum atomic E-state index is 11.0. The molecule has 1 saturated heterocycles. The first kappa shape index (κ1) is 8.84. The Morgan fingerprint density at radius 3 is 2.82 bits per heavy atom. The number of nitrogens with zero attached hydrogens (tertiary/aromatic N) is 1. The van der Waals surface area contributed by atoms with Gasteiger partial charge in [-0.05, 0) is 25.1 Å². The predicted octanol–water partition coefficient (Wildman–Crippen LogP) is 0.666. The Balaban J connectivity index is 2.67. The number of aliphatic imine (C=N–C) groups is 1. The van der Waals surface area contributed by atoms with Crippen LogP contribution in [0.5, 0.6) is 0 Å². The Morgan fingerprint density at radius 1 is 1.55 bits per heavy atom. The number of hydrogen-bond donors (Lipinski definition) is 0. The summed E-state index contributed by atoms with van der Waals surface area (Å²) in [6.45, 7) is 0. The average Bonchev–Trinajstić information content (AvgIpc) is 1.85. The molecular weight excluding hydrogens is 182 g/mol. The van der Waals surface area contributed by atoms with Crippen molar-refractivity contribution in [1.29, 1.82) is 0 Å². The van der Waals surface area contributed by atoms with E-state index in [1.165, 1.54) is 0 Å². The van der Waals surface area contributed by atoms with Gasteiger partial charge in [0, 0.05) is 0 Å². The number of hydrogen-bond acceptors (Lipinski definition) is 4. The van der Waals surface area contributed by atoms with Gasteiger partial charge in [-0.3, -0.25) is 0 Å². The molecule has 0 spiro atoms. The molecule has 1 heterocycles. The molecular formula is C6H9NO2S2. The van der Waals surface area contributed by atoms with E-state index in [9.17, 15) is 8.42 Å². The van der Waals surface area contributed by atoms with Gasteiger partial charge in [0.1, 0.15) is 0 Å². The summed E-state index contributed by atoms with van der Waals surface area (Å²) in [7, 11) is -2.83. The zero-order valence-corrected chi connectivity index (χ0v) is 7.62. The third-order valence-corrected chi connectivity index (χ3v) is 3.58. The smallest absolute Gasteiger partial charge is 0.152 e. The molecule has 5 heteroatoms. The number of thiocarbonyl (C=S) groups is 1. The monoisotopic (exact) mass is 191 g/mol. The number of isothiocyanates is 1. The van der Waals surface area contributed by atoms with Crippen LogP contribution in [-0.2, 0) is 9.84 Å². The molecule has 0 aromatic heterocycles. The lowest BCUT2D eigenvalue weighted by molar-refractivity contribution is 0.554. The fraction of sp³-hybridized carbons (Fsp3) is 0.833. The van der Waals surface area contributed by atoms with E-state index >= 15 is 0 Å². The van der Waals surface area contributed by atoms with Crippen LogP contribution < -0.4 is 0 Å². The average molecular weight is 191 g/mol. The molecule has 1 unspecified atom stereocenters. The van der Waals surface area contributed by atoms with E-state index in [1.54, 1.807) is 0 Å². The van der Waals surface area contributed by atoms with Crippen molar-refractivity contribution in [3.05, 3.63) is 0 Å². The Labute approximate surface area is 71.4 Å². The van der Waals surface area contributed by atoms with Crippen LogP contribution in [-0.4, -0.2) is 31.1 Å². The molecule has 0 N–H and O–H groups in total. The highest BCUT2D eigenvalue weighted by Crippen LogP contribution is 2.14. The second kappa shape index (κ2) is 3.43. The largest absolute Gasteiger partial charge is 0.229 e. The SMILES string of the molecule is O=S1(=O)CCCC(N=C=S)C1. The van der Waals surface area contributed by atoms with Crippen LogP contribution in [0.25, 0.3) is 0 Å². The summed E-state index contributed by atoms with van der Waals surface area (Å²) in [4.78, 5) is 3.76. The zero-order chi connectivity index (χ0) is 8.32. The molecule has 1 aliphatic heterocycles. The maximum absolute atomic E-state index is 11.0. The van der Waals surface area contributed by atoms with Crippen LogP contribution in [0.15, 0.2) is 4.99 Å². The molecule has 3 nitrogen and oxygen atoms in total. The second-order valence-corrected chi connectivity index (χ2v) is 5.04. The van der Waals surface area contributed by atoms with Gasteiger partial charge in [0.25, 0.3) is 0 Å². The van der Waals surface area contributed by atoms with E-state index in [4.69, 9.17) is 0 Å². The van der Waals surface area contributed by atoms with Crippen LogP contribution in [0.1, 0.15) is 12.8 Å². The van der Waals surface area contributed by atoms with E-state index in [-0.39, 0.29) is 11.8 Å². The second-order valence-electron chi connectivity index (χ2n) is 2.63. The molecule has 0 aliphatic carbocycles. The zero-order valence-electron chi connectivity index (χ0n) is 5.99. The Morgan fingerprint density at radius 2 is 2.27 bits per heavy atom. The Bertz CT molecular complexity index is 277. The van der Waals surface area contributed by atoms with E-state index < -0.39 is 9.84 Å². The molecule has 0 bridgehead atoms. The van der Waals surface area contributed by atoms with E-state index in [0.29, 0.717) is 12.2 Å². The number of rotatable bonds is 1. The lowest BCUT2D eigenvalue weighted by Gasteiger charge is -2.16. The fourth-order valence-electron chi connectivity index (χ4n) is 1.18. The van der Waals surface area contributed by atoms with Gasteiger partial charge in [0.2, 0.25) is 0 Å². The van der Waals surface area contributed by atoms with E-state index in [0.717, 1.165) is 6.42 Å². The van der Waals surface area contributed by atoms with Gasteiger partial charge in [-0.25, -0.2) is 13.4 Å². The first-order chi connectivity index (χ1) is 5.14. The molecule has 0 radical (unpaired) electrons. The minimum atomic E-state index is -2.83. The summed E-state index contributed by atoms with van der Waals surface area (Å²) in [6, 6.07) is -0.133. The molecule has 11 heavy (non-hydrogen) atoms. The predicted molar refractivity (Wildman–Crippen MR) is 46.7 cm³/mol. The van der Waals surface area contributed by atoms with Crippen LogP contribution >= 0.6 is 12.2 Å². The van der Waals surface area contributed by atoms with Gasteiger partial charge < -0.3 is 0 Å². The van der Waals surface area contributed by atoms with Crippen molar-refractivity contribution in [2.75, 3.05) is 11.5 Å². The van der Waals surface area contributed by atoms with Gasteiger partial charge in [0.15, 0.2) is 9.84 Å². The lowest BCUT2D eigenvalue weighted by Crippen LogP contribution is -2.27. The van der Waals surface area contributed by atoms with Crippen molar-refractivity contribution in [3.8, 4) is 0 Å².